The van der Waals surface area contributed by atoms with E-state index in [9.17, 15) is 8.42 Å². The van der Waals surface area contributed by atoms with Crippen molar-refractivity contribution in [1.29, 1.82) is 0 Å². The number of benzene rings is 1. The summed E-state index contributed by atoms with van der Waals surface area (Å²) < 4.78 is 33.5. The van der Waals surface area contributed by atoms with Gasteiger partial charge in [0.1, 0.15) is 4.90 Å². The van der Waals surface area contributed by atoms with Gasteiger partial charge in [0.05, 0.1) is 5.02 Å². The number of sulfonamides is 1. The second kappa shape index (κ2) is 7.32. The quantitative estimate of drug-likeness (QED) is 0.814. The van der Waals surface area contributed by atoms with Gasteiger partial charge >= 0.3 is 0 Å². The van der Waals surface area contributed by atoms with E-state index in [4.69, 9.17) is 27.9 Å². The summed E-state index contributed by atoms with van der Waals surface area (Å²) in [6.45, 7) is 1.55. The van der Waals surface area contributed by atoms with E-state index in [0.29, 0.717) is 24.8 Å². The summed E-state index contributed by atoms with van der Waals surface area (Å²) in [5.74, 6) is 0. The van der Waals surface area contributed by atoms with E-state index >= 15 is 0 Å². The second-order valence-electron chi connectivity index (χ2n) is 5.77. The van der Waals surface area contributed by atoms with E-state index in [0.717, 1.165) is 12.8 Å². The molecule has 1 N–H and O–H groups in total. The number of nitrogens with one attached hydrogen (secondary N) is 1. The number of hydrogen-bond donors (Lipinski definition) is 1. The molecular weight excluding hydrogens is 389 g/mol. The van der Waals surface area contributed by atoms with Crippen molar-refractivity contribution in [2.75, 3.05) is 19.8 Å². The molecule has 0 aliphatic carbocycles. The van der Waals surface area contributed by atoms with Crippen LogP contribution in [-0.4, -0.2) is 28.2 Å². The zero-order valence-corrected chi connectivity index (χ0v) is 15.9. The fraction of sp³-hybridized carbons (Fsp3) is 0.375. The highest BCUT2D eigenvalue weighted by Crippen LogP contribution is 2.37. The molecule has 1 aromatic heterocycles. The van der Waals surface area contributed by atoms with Crippen molar-refractivity contribution < 1.29 is 13.2 Å². The van der Waals surface area contributed by atoms with Crippen molar-refractivity contribution in [3.8, 4) is 0 Å². The van der Waals surface area contributed by atoms with Crippen molar-refractivity contribution in [1.82, 2.24) is 4.72 Å². The Morgan fingerprint density at radius 3 is 2.62 bits per heavy atom. The summed E-state index contributed by atoms with van der Waals surface area (Å²) in [6, 6.07) is 8.46. The van der Waals surface area contributed by atoms with Gasteiger partial charge in [-0.15, -0.1) is 11.3 Å². The maximum atomic E-state index is 12.7. The fourth-order valence-electron chi connectivity index (χ4n) is 2.85. The first-order chi connectivity index (χ1) is 11.4. The van der Waals surface area contributed by atoms with E-state index in [-0.39, 0.29) is 15.3 Å². The average Bonchev–Trinajstić information content (AvgIpc) is 3.11. The molecule has 0 saturated carbocycles. The standard InChI is InChI=1S/C16H17Cl2NO3S2/c17-12-3-4-13(18)14(10-12)24(20,21)19-11-16(5-7-22-8-6-16)15-2-1-9-23-15/h1-4,9-10,19H,5-8,11H2. The first-order valence-corrected chi connectivity index (χ1v) is 10.6. The normalized spacial score (nSPS) is 17.8. The molecule has 0 unspecified atom stereocenters. The van der Waals surface area contributed by atoms with Crippen LogP contribution in [0.4, 0.5) is 0 Å². The predicted molar refractivity (Wildman–Crippen MR) is 97.7 cm³/mol. The second-order valence-corrected chi connectivity index (χ2v) is 9.30. The first kappa shape index (κ1) is 18.2. The number of halogens is 2. The molecule has 130 valence electrons. The fourth-order valence-corrected chi connectivity index (χ4v) is 5.72. The highest BCUT2D eigenvalue weighted by molar-refractivity contribution is 7.89. The minimum Gasteiger partial charge on any atom is -0.381 e. The molecule has 8 heteroatoms. The first-order valence-electron chi connectivity index (χ1n) is 7.49. The summed E-state index contributed by atoms with van der Waals surface area (Å²) in [6.07, 6.45) is 1.55. The maximum absolute atomic E-state index is 12.7. The molecule has 0 atom stereocenters. The lowest BCUT2D eigenvalue weighted by Crippen LogP contribution is -2.44. The third-order valence-corrected chi connectivity index (χ3v) is 7.51. The number of thiophene rings is 1. The Labute approximate surface area is 155 Å². The Hall–Kier alpha value is -0.630. The molecule has 1 fully saturated rings. The van der Waals surface area contributed by atoms with Gasteiger partial charge in [-0.1, -0.05) is 29.3 Å². The summed E-state index contributed by atoms with van der Waals surface area (Å²) in [5.41, 5.74) is -0.245. The maximum Gasteiger partial charge on any atom is 0.242 e. The SMILES string of the molecule is O=S(=O)(NCC1(c2cccs2)CCOCC1)c1cc(Cl)ccc1Cl. The predicted octanol–water partition coefficient (Wildman–Crippen LogP) is 4.08. The number of ether oxygens (including phenoxy) is 1. The Morgan fingerprint density at radius 2 is 1.96 bits per heavy atom. The van der Waals surface area contributed by atoms with Crippen LogP contribution in [0.5, 0.6) is 0 Å². The largest absolute Gasteiger partial charge is 0.381 e. The van der Waals surface area contributed by atoms with Crippen molar-refractivity contribution in [2.45, 2.75) is 23.2 Å². The lowest BCUT2D eigenvalue weighted by molar-refractivity contribution is 0.0529. The van der Waals surface area contributed by atoms with Crippen LogP contribution in [0.15, 0.2) is 40.6 Å². The molecule has 2 aromatic rings. The van der Waals surface area contributed by atoms with Gasteiger partial charge in [0.15, 0.2) is 0 Å². The Balaban J connectivity index is 1.85. The molecule has 0 bridgehead atoms. The van der Waals surface area contributed by atoms with Crippen molar-refractivity contribution in [3.63, 3.8) is 0 Å². The zero-order chi connectivity index (χ0) is 17.2. The lowest BCUT2D eigenvalue weighted by atomic mass is 9.79. The minimum absolute atomic E-state index is 0.00468. The van der Waals surface area contributed by atoms with Crippen LogP contribution in [0.3, 0.4) is 0 Å². The van der Waals surface area contributed by atoms with Gasteiger partial charge in [-0.2, -0.15) is 0 Å². The van der Waals surface area contributed by atoms with Gasteiger partial charge in [-0.25, -0.2) is 13.1 Å². The van der Waals surface area contributed by atoms with Crippen LogP contribution in [0, 0.1) is 0 Å². The van der Waals surface area contributed by atoms with Crippen LogP contribution < -0.4 is 4.72 Å². The summed E-state index contributed by atoms with van der Waals surface area (Å²) in [7, 11) is -3.74. The molecule has 4 nitrogen and oxygen atoms in total. The van der Waals surface area contributed by atoms with Gasteiger partial charge in [0, 0.05) is 35.1 Å². The molecule has 2 heterocycles. The van der Waals surface area contributed by atoms with E-state index in [1.54, 1.807) is 17.4 Å². The van der Waals surface area contributed by atoms with Crippen LogP contribution in [0.25, 0.3) is 0 Å². The highest BCUT2D eigenvalue weighted by Gasteiger charge is 2.36. The molecule has 1 saturated heterocycles. The molecule has 0 spiro atoms. The van der Waals surface area contributed by atoms with Crippen molar-refractivity contribution in [2.24, 2.45) is 0 Å². The molecule has 0 amide bonds. The van der Waals surface area contributed by atoms with Gasteiger partial charge < -0.3 is 4.74 Å². The third-order valence-electron chi connectivity index (χ3n) is 4.28. The molecule has 24 heavy (non-hydrogen) atoms. The summed E-state index contributed by atoms with van der Waals surface area (Å²) >= 11 is 13.6. The topological polar surface area (TPSA) is 55.4 Å². The third kappa shape index (κ3) is 3.79. The van der Waals surface area contributed by atoms with E-state index < -0.39 is 10.0 Å². The van der Waals surface area contributed by atoms with Crippen LogP contribution in [-0.2, 0) is 20.2 Å². The molecule has 0 radical (unpaired) electrons. The van der Waals surface area contributed by atoms with E-state index in [1.165, 1.54) is 17.0 Å². The lowest BCUT2D eigenvalue weighted by Gasteiger charge is -2.36. The van der Waals surface area contributed by atoms with Crippen molar-refractivity contribution >= 4 is 44.6 Å². The van der Waals surface area contributed by atoms with Crippen LogP contribution in [0.2, 0.25) is 10.0 Å². The van der Waals surface area contributed by atoms with Crippen LogP contribution in [0.1, 0.15) is 17.7 Å². The van der Waals surface area contributed by atoms with Gasteiger partial charge in [-0.3, -0.25) is 0 Å². The van der Waals surface area contributed by atoms with E-state index in [2.05, 4.69) is 10.8 Å². The zero-order valence-electron chi connectivity index (χ0n) is 12.8. The van der Waals surface area contributed by atoms with Gasteiger partial charge in [0.2, 0.25) is 10.0 Å². The molecule has 1 aromatic carbocycles. The number of rotatable bonds is 5. The smallest absolute Gasteiger partial charge is 0.242 e. The van der Waals surface area contributed by atoms with Crippen molar-refractivity contribution in [3.05, 3.63) is 50.6 Å². The summed E-state index contributed by atoms with van der Waals surface area (Å²) in [5, 5.41) is 2.50. The minimum atomic E-state index is -3.74. The van der Waals surface area contributed by atoms with E-state index in [1.807, 2.05) is 11.4 Å². The Morgan fingerprint density at radius 1 is 1.21 bits per heavy atom. The monoisotopic (exact) mass is 405 g/mol. The van der Waals surface area contributed by atoms with Gasteiger partial charge in [-0.05, 0) is 42.5 Å². The molecule has 3 rings (SSSR count). The molecule has 1 aliphatic rings. The number of hydrogen-bond acceptors (Lipinski definition) is 4. The average molecular weight is 406 g/mol. The van der Waals surface area contributed by atoms with Gasteiger partial charge in [0.25, 0.3) is 0 Å². The molecule has 1 aliphatic heterocycles. The highest BCUT2D eigenvalue weighted by atomic mass is 35.5. The molecular formula is C16H17Cl2NO3S2. The Kier molecular flexibility index (Phi) is 5.54. The van der Waals surface area contributed by atoms with Crippen LogP contribution >= 0.6 is 34.5 Å². The summed E-state index contributed by atoms with van der Waals surface area (Å²) in [4.78, 5) is 1.18. The Bertz CT molecular complexity index is 801.